The second-order valence-electron chi connectivity index (χ2n) is 6.38. The van der Waals surface area contributed by atoms with E-state index in [0.29, 0.717) is 16.8 Å². The van der Waals surface area contributed by atoms with E-state index in [2.05, 4.69) is 9.71 Å². The largest absolute Gasteiger partial charge is 0.322 e. The maximum absolute atomic E-state index is 12.8. The van der Waals surface area contributed by atoms with Gasteiger partial charge in [0.2, 0.25) is 5.56 Å². The summed E-state index contributed by atoms with van der Waals surface area (Å²) in [6.45, 7) is 7.49. The Hall–Kier alpha value is -2.60. The predicted molar refractivity (Wildman–Crippen MR) is 101 cm³/mol. The van der Waals surface area contributed by atoms with Crippen LogP contribution in [0.2, 0.25) is 0 Å². The molecule has 0 aliphatic heterocycles. The van der Waals surface area contributed by atoms with Crippen LogP contribution in [0.3, 0.4) is 0 Å². The van der Waals surface area contributed by atoms with Crippen molar-refractivity contribution < 1.29 is 8.42 Å². The number of fused-ring (bicyclic) bond motifs is 1. The van der Waals surface area contributed by atoms with Crippen molar-refractivity contribution in [1.29, 1.82) is 0 Å². The molecule has 2 aromatic carbocycles. The lowest BCUT2D eigenvalue weighted by Gasteiger charge is -2.12. The molecule has 0 amide bonds. The highest BCUT2D eigenvalue weighted by atomic mass is 32.2. The van der Waals surface area contributed by atoms with Crippen LogP contribution in [0.1, 0.15) is 22.3 Å². The zero-order valence-corrected chi connectivity index (χ0v) is 15.4. The number of H-pyrrole nitrogens is 1. The van der Waals surface area contributed by atoms with E-state index in [1.54, 1.807) is 32.0 Å². The lowest BCUT2D eigenvalue weighted by atomic mass is 10.1. The van der Waals surface area contributed by atoms with Gasteiger partial charge in [0.05, 0.1) is 10.4 Å². The first-order valence-corrected chi connectivity index (χ1v) is 9.40. The van der Waals surface area contributed by atoms with Crippen molar-refractivity contribution >= 4 is 26.6 Å². The molecular weight excluding hydrogens is 336 g/mol. The molecule has 0 saturated heterocycles. The summed E-state index contributed by atoms with van der Waals surface area (Å²) in [5, 5.41) is 0.722. The minimum Gasteiger partial charge on any atom is -0.322 e. The molecular formula is C19H20N2O3S. The number of anilines is 1. The van der Waals surface area contributed by atoms with Gasteiger partial charge in [-0.3, -0.25) is 9.52 Å². The second-order valence-corrected chi connectivity index (χ2v) is 8.07. The van der Waals surface area contributed by atoms with Gasteiger partial charge in [-0.1, -0.05) is 6.07 Å². The standard InChI is InChI=1S/C19H20N2O3S/c1-11-5-6-15(7-12(11)2)21-25(23,24)16-8-14(4)19-17(10-16)13(3)9-18(22)20-19/h5-10,21H,1-4H3,(H,20,22). The third-order valence-electron chi connectivity index (χ3n) is 4.40. The molecule has 0 spiro atoms. The number of rotatable bonds is 3. The van der Waals surface area contributed by atoms with Crippen LogP contribution in [0.4, 0.5) is 5.69 Å². The van der Waals surface area contributed by atoms with Crippen molar-refractivity contribution in [2.75, 3.05) is 4.72 Å². The fourth-order valence-corrected chi connectivity index (χ4v) is 4.00. The first-order valence-electron chi connectivity index (χ1n) is 7.92. The topological polar surface area (TPSA) is 79.0 Å². The molecule has 0 radical (unpaired) electrons. The third-order valence-corrected chi connectivity index (χ3v) is 5.76. The number of nitrogens with one attached hydrogen (secondary N) is 2. The first kappa shape index (κ1) is 17.2. The van der Waals surface area contributed by atoms with Gasteiger partial charge < -0.3 is 4.98 Å². The van der Waals surface area contributed by atoms with E-state index in [0.717, 1.165) is 22.1 Å². The van der Waals surface area contributed by atoms with E-state index < -0.39 is 10.0 Å². The van der Waals surface area contributed by atoms with Gasteiger partial charge in [-0.2, -0.15) is 0 Å². The number of pyridine rings is 1. The van der Waals surface area contributed by atoms with Gasteiger partial charge in [0.15, 0.2) is 0 Å². The Labute approximate surface area is 146 Å². The summed E-state index contributed by atoms with van der Waals surface area (Å²) >= 11 is 0. The lowest BCUT2D eigenvalue weighted by molar-refractivity contribution is 0.601. The highest BCUT2D eigenvalue weighted by Crippen LogP contribution is 2.25. The molecule has 3 rings (SSSR count). The minimum absolute atomic E-state index is 0.172. The van der Waals surface area contributed by atoms with Crippen molar-refractivity contribution in [3.05, 3.63) is 69.0 Å². The highest BCUT2D eigenvalue weighted by molar-refractivity contribution is 7.92. The van der Waals surface area contributed by atoms with Crippen molar-refractivity contribution in [2.45, 2.75) is 32.6 Å². The van der Waals surface area contributed by atoms with E-state index >= 15 is 0 Å². The normalized spacial score (nSPS) is 11.7. The monoisotopic (exact) mass is 356 g/mol. The molecule has 0 aliphatic carbocycles. The van der Waals surface area contributed by atoms with E-state index in [1.165, 1.54) is 6.07 Å². The number of benzene rings is 2. The van der Waals surface area contributed by atoms with Crippen LogP contribution in [0, 0.1) is 27.7 Å². The zero-order valence-electron chi connectivity index (χ0n) is 14.6. The molecule has 1 aromatic heterocycles. The number of sulfonamides is 1. The van der Waals surface area contributed by atoms with E-state index in [-0.39, 0.29) is 10.5 Å². The van der Waals surface area contributed by atoms with Gasteiger partial charge in [0, 0.05) is 17.1 Å². The van der Waals surface area contributed by atoms with Gasteiger partial charge in [-0.05, 0) is 74.2 Å². The molecule has 0 atom stereocenters. The average molecular weight is 356 g/mol. The van der Waals surface area contributed by atoms with Crippen LogP contribution in [0.15, 0.2) is 46.1 Å². The van der Waals surface area contributed by atoms with E-state index in [9.17, 15) is 13.2 Å². The fourth-order valence-electron chi connectivity index (χ4n) is 2.84. The zero-order chi connectivity index (χ0) is 18.4. The smallest absolute Gasteiger partial charge is 0.261 e. The van der Waals surface area contributed by atoms with Crippen LogP contribution < -0.4 is 10.3 Å². The second kappa shape index (κ2) is 6.04. The Morgan fingerprint density at radius 3 is 2.24 bits per heavy atom. The Morgan fingerprint density at radius 2 is 1.56 bits per heavy atom. The summed E-state index contributed by atoms with van der Waals surface area (Å²) in [4.78, 5) is 14.6. The molecule has 5 nitrogen and oxygen atoms in total. The van der Waals surface area contributed by atoms with Crippen LogP contribution in [0.25, 0.3) is 10.9 Å². The van der Waals surface area contributed by atoms with Crippen molar-refractivity contribution in [1.82, 2.24) is 4.98 Å². The molecule has 6 heteroatoms. The van der Waals surface area contributed by atoms with Crippen LogP contribution in [-0.2, 0) is 10.0 Å². The summed E-state index contributed by atoms with van der Waals surface area (Å²) in [7, 11) is -3.73. The summed E-state index contributed by atoms with van der Waals surface area (Å²) in [5.74, 6) is 0. The number of aromatic nitrogens is 1. The van der Waals surface area contributed by atoms with Gasteiger partial charge in [0.25, 0.3) is 10.0 Å². The Balaban J connectivity index is 2.11. The summed E-state index contributed by atoms with van der Waals surface area (Å²) in [5.41, 5.74) is 4.56. The number of hydrogen-bond acceptors (Lipinski definition) is 3. The fraction of sp³-hybridized carbons (Fsp3) is 0.211. The van der Waals surface area contributed by atoms with E-state index in [1.807, 2.05) is 26.0 Å². The molecule has 0 fully saturated rings. The average Bonchev–Trinajstić information content (AvgIpc) is 2.51. The SMILES string of the molecule is Cc1ccc(NS(=O)(=O)c2cc(C)c3[nH]c(=O)cc(C)c3c2)cc1C. The number of aryl methyl sites for hydroxylation is 4. The quantitative estimate of drug-likeness (QED) is 0.753. The van der Waals surface area contributed by atoms with Crippen LogP contribution >= 0.6 is 0 Å². The molecule has 0 unspecified atom stereocenters. The summed E-state index contributed by atoms with van der Waals surface area (Å²) in [6, 6.07) is 10.1. The van der Waals surface area contributed by atoms with E-state index in [4.69, 9.17) is 0 Å². The molecule has 130 valence electrons. The maximum atomic E-state index is 12.8. The Morgan fingerprint density at radius 1 is 0.840 bits per heavy atom. The lowest BCUT2D eigenvalue weighted by Crippen LogP contribution is -2.14. The molecule has 1 heterocycles. The molecule has 0 saturated carbocycles. The van der Waals surface area contributed by atoms with Crippen molar-refractivity contribution in [2.24, 2.45) is 0 Å². The van der Waals surface area contributed by atoms with Gasteiger partial charge in [-0.25, -0.2) is 8.42 Å². The highest BCUT2D eigenvalue weighted by Gasteiger charge is 2.17. The molecule has 25 heavy (non-hydrogen) atoms. The van der Waals surface area contributed by atoms with Crippen molar-refractivity contribution in [3.8, 4) is 0 Å². The molecule has 2 N–H and O–H groups in total. The predicted octanol–water partition coefficient (Wildman–Crippen LogP) is 3.56. The van der Waals surface area contributed by atoms with Gasteiger partial charge in [0.1, 0.15) is 0 Å². The molecule has 0 bridgehead atoms. The van der Waals surface area contributed by atoms with Crippen LogP contribution in [0.5, 0.6) is 0 Å². The number of hydrogen-bond donors (Lipinski definition) is 2. The Kier molecular flexibility index (Phi) is 4.16. The Bertz CT molecular complexity index is 1150. The minimum atomic E-state index is -3.73. The van der Waals surface area contributed by atoms with Crippen LogP contribution in [-0.4, -0.2) is 13.4 Å². The summed E-state index contributed by atoms with van der Waals surface area (Å²) < 4.78 is 28.2. The third kappa shape index (κ3) is 3.30. The molecule has 0 aliphatic rings. The van der Waals surface area contributed by atoms with Crippen molar-refractivity contribution in [3.63, 3.8) is 0 Å². The van der Waals surface area contributed by atoms with Gasteiger partial charge in [-0.15, -0.1) is 0 Å². The van der Waals surface area contributed by atoms with Gasteiger partial charge >= 0.3 is 0 Å². The maximum Gasteiger partial charge on any atom is 0.261 e. The number of aromatic amines is 1. The summed E-state index contributed by atoms with van der Waals surface area (Å²) in [6.07, 6.45) is 0. The first-order chi connectivity index (χ1) is 11.7. The molecule has 3 aromatic rings.